The second-order valence-corrected chi connectivity index (χ2v) is 5.48. The van der Waals surface area contributed by atoms with E-state index >= 15 is 0 Å². The smallest absolute Gasteiger partial charge is 0.381 e. The predicted octanol–water partition coefficient (Wildman–Crippen LogP) is 5.39. The van der Waals surface area contributed by atoms with Crippen molar-refractivity contribution in [3.63, 3.8) is 0 Å². The van der Waals surface area contributed by atoms with Crippen LogP contribution in [0.3, 0.4) is 0 Å². The first-order chi connectivity index (χ1) is 9.34. The van der Waals surface area contributed by atoms with Gasteiger partial charge in [0.05, 0.1) is 5.56 Å². The monoisotopic (exact) mass is 343 g/mol. The molecule has 0 saturated carbocycles. The number of hydrogen-bond acceptors (Lipinski definition) is 1. The van der Waals surface area contributed by atoms with Crippen molar-refractivity contribution in [3.8, 4) is 0 Å². The van der Waals surface area contributed by atoms with Crippen molar-refractivity contribution in [1.82, 2.24) is 0 Å². The molecule has 0 radical (unpaired) electrons. The lowest BCUT2D eigenvalue weighted by atomic mass is 10.1. The second-order valence-electron chi connectivity index (χ2n) is 4.57. The zero-order chi connectivity index (χ0) is 14.8. The van der Waals surface area contributed by atoms with Gasteiger partial charge in [-0.05, 0) is 30.7 Å². The van der Waals surface area contributed by atoms with Crippen molar-refractivity contribution >= 4 is 21.6 Å². The average molecular weight is 344 g/mol. The third-order valence-corrected chi connectivity index (χ3v) is 3.30. The summed E-state index contributed by atoms with van der Waals surface area (Å²) in [5.74, 6) is 0. The fourth-order valence-electron chi connectivity index (χ4n) is 1.77. The molecular weight excluding hydrogens is 331 g/mol. The molecule has 20 heavy (non-hydrogen) atoms. The van der Waals surface area contributed by atoms with Gasteiger partial charge in [0.2, 0.25) is 0 Å². The molecule has 1 nitrogen and oxygen atoms in total. The van der Waals surface area contributed by atoms with Crippen molar-refractivity contribution in [2.24, 2.45) is 0 Å². The molecule has 0 heterocycles. The molecule has 2 rings (SSSR count). The Bertz CT molecular complexity index is 591. The van der Waals surface area contributed by atoms with Crippen molar-refractivity contribution in [2.75, 3.05) is 5.32 Å². The lowest BCUT2D eigenvalue weighted by Gasteiger charge is -2.12. The number of benzene rings is 2. The maximum Gasteiger partial charge on any atom is 0.416 e. The van der Waals surface area contributed by atoms with Crippen LogP contribution in [0.2, 0.25) is 0 Å². The highest BCUT2D eigenvalue weighted by Crippen LogP contribution is 2.33. The molecule has 0 aromatic heterocycles. The Morgan fingerprint density at radius 2 is 1.70 bits per heavy atom. The molecule has 106 valence electrons. The molecule has 0 atom stereocenters. The highest BCUT2D eigenvalue weighted by Gasteiger charge is 2.31. The number of hydrogen-bond donors (Lipinski definition) is 1. The van der Waals surface area contributed by atoms with E-state index in [1.807, 2.05) is 31.2 Å². The van der Waals surface area contributed by atoms with Crippen LogP contribution in [0.5, 0.6) is 0 Å². The van der Waals surface area contributed by atoms with E-state index in [-0.39, 0.29) is 0 Å². The van der Waals surface area contributed by atoms with E-state index < -0.39 is 11.7 Å². The summed E-state index contributed by atoms with van der Waals surface area (Å²) in [6, 6.07) is 11.6. The highest BCUT2D eigenvalue weighted by atomic mass is 79.9. The standard InChI is InChI=1S/C15H13BrF3N/c1-10-2-4-11(5-3-10)9-20-14-7-12(15(17,18)19)6-13(16)8-14/h2-8,20H,9H2,1H3. The van der Waals surface area contributed by atoms with Gasteiger partial charge in [-0.25, -0.2) is 0 Å². The fraction of sp³-hybridized carbons (Fsp3) is 0.200. The Kier molecular flexibility index (Phi) is 4.38. The number of alkyl halides is 3. The summed E-state index contributed by atoms with van der Waals surface area (Å²) in [5.41, 5.74) is 1.94. The van der Waals surface area contributed by atoms with Gasteiger partial charge >= 0.3 is 6.18 Å². The Morgan fingerprint density at radius 3 is 2.30 bits per heavy atom. The predicted molar refractivity (Wildman–Crippen MR) is 77.6 cm³/mol. The van der Waals surface area contributed by atoms with E-state index in [1.165, 1.54) is 0 Å². The van der Waals surface area contributed by atoms with Gasteiger partial charge in [0.1, 0.15) is 0 Å². The van der Waals surface area contributed by atoms with Gasteiger partial charge in [0, 0.05) is 16.7 Å². The quantitative estimate of drug-likeness (QED) is 0.787. The molecule has 0 aliphatic carbocycles. The number of nitrogens with one attached hydrogen (secondary N) is 1. The minimum Gasteiger partial charge on any atom is -0.381 e. The minimum atomic E-state index is -4.34. The summed E-state index contributed by atoms with van der Waals surface area (Å²) < 4.78 is 38.5. The van der Waals surface area contributed by atoms with E-state index in [0.29, 0.717) is 16.7 Å². The lowest BCUT2D eigenvalue weighted by Crippen LogP contribution is -2.07. The van der Waals surface area contributed by atoms with Crippen molar-refractivity contribution in [2.45, 2.75) is 19.6 Å². The first kappa shape index (κ1) is 14.9. The van der Waals surface area contributed by atoms with Crippen LogP contribution in [0.25, 0.3) is 0 Å². The molecule has 0 saturated heterocycles. The van der Waals surface area contributed by atoms with Gasteiger partial charge in [-0.15, -0.1) is 0 Å². The summed E-state index contributed by atoms with van der Waals surface area (Å²) in [4.78, 5) is 0. The summed E-state index contributed by atoms with van der Waals surface area (Å²) in [6.45, 7) is 2.47. The Morgan fingerprint density at radius 1 is 1.05 bits per heavy atom. The number of rotatable bonds is 3. The first-order valence-electron chi connectivity index (χ1n) is 6.02. The van der Waals surface area contributed by atoms with E-state index in [4.69, 9.17) is 0 Å². The Balaban J connectivity index is 2.13. The summed E-state index contributed by atoms with van der Waals surface area (Å²) in [6.07, 6.45) is -4.34. The molecule has 2 aromatic carbocycles. The van der Waals surface area contributed by atoms with Crippen molar-refractivity contribution in [3.05, 3.63) is 63.6 Å². The van der Waals surface area contributed by atoms with Crippen LogP contribution in [0, 0.1) is 6.92 Å². The van der Waals surface area contributed by atoms with Gasteiger partial charge in [0.15, 0.2) is 0 Å². The number of anilines is 1. The Hall–Kier alpha value is -1.49. The van der Waals surface area contributed by atoms with Gasteiger partial charge < -0.3 is 5.32 Å². The molecular formula is C15H13BrF3N. The maximum absolute atomic E-state index is 12.7. The zero-order valence-electron chi connectivity index (χ0n) is 10.8. The normalized spacial score (nSPS) is 11.4. The van der Waals surface area contributed by atoms with Crippen LogP contribution in [0.4, 0.5) is 18.9 Å². The molecule has 0 amide bonds. The van der Waals surface area contributed by atoms with Crippen LogP contribution in [-0.2, 0) is 12.7 Å². The summed E-state index contributed by atoms with van der Waals surface area (Å²) >= 11 is 3.10. The number of aryl methyl sites for hydroxylation is 1. The van der Waals surface area contributed by atoms with Crippen LogP contribution in [-0.4, -0.2) is 0 Å². The SMILES string of the molecule is Cc1ccc(CNc2cc(Br)cc(C(F)(F)F)c2)cc1. The topological polar surface area (TPSA) is 12.0 Å². The first-order valence-corrected chi connectivity index (χ1v) is 6.81. The zero-order valence-corrected chi connectivity index (χ0v) is 12.3. The summed E-state index contributed by atoms with van der Waals surface area (Å²) in [7, 11) is 0. The third-order valence-electron chi connectivity index (χ3n) is 2.84. The maximum atomic E-state index is 12.7. The molecule has 0 unspecified atom stereocenters. The van der Waals surface area contributed by atoms with E-state index in [9.17, 15) is 13.2 Å². The van der Waals surface area contributed by atoms with E-state index in [1.54, 1.807) is 6.07 Å². The van der Waals surface area contributed by atoms with Crippen LogP contribution in [0.1, 0.15) is 16.7 Å². The molecule has 5 heteroatoms. The van der Waals surface area contributed by atoms with E-state index in [0.717, 1.165) is 23.3 Å². The average Bonchev–Trinajstić information content (AvgIpc) is 2.36. The fourth-order valence-corrected chi connectivity index (χ4v) is 2.26. The van der Waals surface area contributed by atoms with Gasteiger partial charge in [-0.3, -0.25) is 0 Å². The lowest BCUT2D eigenvalue weighted by molar-refractivity contribution is -0.137. The number of halogens is 4. The van der Waals surface area contributed by atoms with Crippen molar-refractivity contribution < 1.29 is 13.2 Å². The molecule has 2 aromatic rings. The second kappa shape index (κ2) is 5.87. The van der Waals surface area contributed by atoms with Gasteiger partial charge in [-0.1, -0.05) is 45.8 Å². The summed E-state index contributed by atoms with van der Waals surface area (Å²) in [5, 5.41) is 3.00. The van der Waals surface area contributed by atoms with Gasteiger partial charge in [-0.2, -0.15) is 13.2 Å². The molecule has 0 aliphatic heterocycles. The molecule has 0 bridgehead atoms. The van der Waals surface area contributed by atoms with Gasteiger partial charge in [0.25, 0.3) is 0 Å². The highest BCUT2D eigenvalue weighted by molar-refractivity contribution is 9.10. The molecule has 0 aliphatic rings. The van der Waals surface area contributed by atoms with E-state index in [2.05, 4.69) is 21.2 Å². The van der Waals surface area contributed by atoms with Crippen LogP contribution >= 0.6 is 15.9 Å². The largest absolute Gasteiger partial charge is 0.416 e. The minimum absolute atomic E-state index is 0.402. The van der Waals surface area contributed by atoms with Crippen molar-refractivity contribution in [1.29, 1.82) is 0 Å². The molecule has 1 N–H and O–H groups in total. The molecule has 0 fully saturated rings. The Labute approximate surface area is 123 Å². The van der Waals surface area contributed by atoms with Crippen LogP contribution < -0.4 is 5.32 Å². The molecule has 0 spiro atoms. The van der Waals surface area contributed by atoms with Crippen LogP contribution in [0.15, 0.2) is 46.9 Å². The third kappa shape index (κ3) is 4.00.